The summed E-state index contributed by atoms with van der Waals surface area (Å²) in [5.41, 5.74) is 3.99. The summed E-state index contributed by atoms with van der Waals surface area (Å²) in [6, 6.07) is 26.7. The quantitative estimate of drug-likeness (QED) is 0.454. The summed E-state index contributed by atoms with van der Waals surface area (Å²) in [7, 11) is 0. The Morgan fingerprint density at radius 1 is 1.03 bits per heavy atom. The first-order valence-corrected chi connectivity index (χ1v) is 10.7. The smallest absolute Gasteiger partial charge is 0.255 e. The number of carbonyl (C=O) groups is 1. The first kappa shape index (κ1) is 20.5. The minimum Gasteiger partial charge on any atom is -0.489 e. The van der Waals surface area contributed by atoms with Gasteiger partial charge in [-0.2, -0.15) is 10.1 Å². The van der Waals surface area contributed by atoms with Gasteiger partial charge in [-0.1, -0.05) is 60.7 Å². The molecule has 33 heavy (non-hydrogen) atoms. The molecule has 2 heterocycles. The number of para-hydroxylation sites is 1. The van der Waals surface area contributed by atoms with Crippen LogP contribution < -0.4 is 15.4 Å². The molecule has 1 aliphatic rings. The Labute approximate surface area is 191 Å². The van der Waals surface area contributed by atoms with E-state index < -0.39 is 6.04 Å². The fourth-order valence-electron chi connectivity index (χ4n) is 3.93. The van der Waals surface area contributed by atoms with Crippen molar-refractivity contribution in [2.75, 3.05) is 10.6 Å². The Bertz CT molecular complexity index is 1300. The van der Waals surface area contributed by atoms with Crippen molar-refractivity contribution in [3.63, 3.8) is 0 Å². The van der Waals surface area contributed by atoms with Crippen LogP contribution in [0.3, 0.4) is 0 Å². The predicted octanol–water partition coefficient (Wildman–Crippen LogP) is 4.78. The summed E-state index contributed by atoms with van der Waals surface area (Å²) < 4.78 is 7.76. The van der Waals surface area contributed by atoms with Crippen molar-refractivity contribution in [1.82, 2.24) is 14.8 Å². The van der Waals surface area contributed by atoms with Gasteiger partial charge in [0.05, 0.1) is 5.57 Å². The molecule has 4 aromatic rings. The Morgan fingerprint density at radius 2 is 1.79 bits per heavy atom. The van der Waals surface area contributed by atoms with E-state index in [2.05, 4.69) is 20.7 Å². The number of amides is 1. The maximum absolute atomic E-state index is 13.4. The minimum atomic E-state index is -0.451. The van der Waals surface area contributed by atoms with Crippen molar-refractivity contribution < 1.29 is 9.53 Å². The van der Waals surface area contributed by atoms with Crippen LogP contribution in [-0.2, 0) is 11.4 Å². The zero-order valence-corrected chi connectivity index (χ0v) is 18.1. The second-order valence-electron chi connectivity index (χ2n) is 7.76. The van der Waals surface area contributed by atoms with Crippen LogP contribution in [0.4, 0.5) is 11.6 Å². The van der Waals surface area contributed by atoms with E-state index in [9.17, 15) is 4.79 Å². The number of aromatic nitrogens is 3. The lowest BCUT2D eigenvalue weighted by Crippen LogP contribution is -2.31. The first-order chi connectivity index (χ1) is 16.2. The highest BCUT2D eigenvalue weighted by molar-refractivity contribution is 6.06. The molecule has 0 spiro atoms. The number of benzene rings is 3. The van der Waals surface area contributed by atoms with Gasteiger partial charge in [-0.25, -0.2) is 4.68 Å². The van der Waals surface area contributed by atoms with Gasteiger partial charge in [0.15, 0.2) is 0 Å². The Kier molecular flexibility index (Phi) is 5.59. The molecule has 7 heteroatoms. The van der Waals surface area contributed by atoms with E-state index in [0.29, 0.717) is 18.1 Å². The average molecular weight is 438 g/mol. The highest BCUT2D eigenvalue weighted by Gasteiger charge is 2.33. The zero-order chi connectivity index (χ0) is 22.6. The third kappa shape index (κ3) is 4.34. The normalized spacial score (nSPS) is 14.9. The molecule has 0 radical (unpaired) electrons. The fraction of sp³-hybridized carbons (Fsp3) is 0.115. The van der Waals surface area contributed by atoms with Gasteiger partial charge in [-0.15, -0.1) is 0 Å². The highest BCUT2D eigenvalue weighted by Crippen LogP contribution is 2.36. The molecule has 0 aliphatic carbocycles. The second-order valence-corrected chi connectivity index (χ2v) is 7.76. The summed E-state index contributed by atoms with van der Waals surface area (Å²) in [6.07, 6.45) is 1.48. The molecular formula is C26H23N5O2. The molecule has 1 aliphatic heterocycles. The maximum Gasteiger partial charge on any atom is 0.255 e. The molecule has 0 bridgehead atoms. The second kappa shape index (κ2) is 9.00. The fourth-order valence-corrected chi connectivity index (χ4v) is 3.93. The van der Waals surface area contributed by atoms with Gasteiger partial charge in [0.25, 0.3) is 5.91 Å². The lowest BCUT2D eigenvalue weighted by molar-refractivity contribution is -0.113. The van der Waals surface area contributed by atoms with Crippen LogP contribution in [-0.4, -0.2) is 20.7 Å². The van der Waals surface area contributed by atoms with Crippen LogP contribution in [0.25, 0.3) is 0 Å². The van der Waals surface area contributed by atoms with E-state index in [-0.39, 0.29) is 5.91 Å². The number of carbonyl (C=O) groups excluding carboxylic acids is 1. The van der Waals surface area contributed by atoms with Gasteiger partial charge >= 0.3 is 0 Å². The summed E-state index contributed by atoms with van der Waals surface area (Å²) in [5, 5.41) is 10.6. The third-order valence-electron chi connectivity index (χ3n) is 5.49. The van der Waals surface area contributed by atoms with Crippen molar-refractivity contribution in [1.29, 1.82) is 0 Å². The zero-order valence-electron chi connectivity index (χ0n) is 18.1. The standard InChI is InChI=1S/C26H23N5O2/c1-18-23(25(32)30-21-12-6-3-7-13-21)24(31-26(29-18)27-17-28-31)20-11-8-14-22(15-20)33-16-19-9-4-2-5-10-19/h2-15,17,24H,16H2,1H3,(H,30,32)(H,27,28,29). The number of allylic oxidation sites excluding steroid dienone is 1. The molecule has 1 unspecified atom stereocenters. The lowest BCUT2D eigenvalue weighted by Gasteiger charge is -2.29. The molecule has 5 rings (SSSR count). The van der Waals surface area contributed by atoms with E-state index in [1.54, 1.807) is 4.68 Å². The van der Waals surface area contributed by atoms with Crippen molar-refractivity contribution in [3.8, 4) is 5.75 Å². The van der Waals surface area contributed by atoms with Crippen LogP contribution in [0.1, 0.15) is 24.1 Å². The van der Waals surface area contributed by atoms with E-state index in [1.165, 1.54) is 6.33 Å². The lowest BCUT2D eigenvalue weighted by atomic mass is 9.95. The topological polar surface area (TPSA) is 81.1 Å². The summed E-state index contributed by atoms with van der Waals surface area (Å²) in [4.78, 5) is 17.7. The summed E-state index contributed by atoms with van der Waals surface area (Å²) in [6.45, 7) is 2.34. The minimum absolute atomic E-state index is 0.201. The number of ether oxygens (including phenoxy) is 1. The molecule has 0 saturated carbocycles. The number of rotatable bonds is 6. The largest absolute Gasteiger partial charge is 0.489 e. The number of nitrogens with zero attached hydrogens (tertiary/aromatic N) is 3. The van der Waals surface area contributed by atoms with Gasteiger partial charge in [0, 0.05) is 11.4 Å². The van der Waals surface area contributed by atoms with Crippen LogP contribution in [0.15, 0.2) is 103 Å². The molecule has 3 aromatic carbocycles. The van der Waals surface area contributed by atoms with E-state index >= 15 is 0 Å². The van der Waals surface area contributed by atoms with E-state index in [1.807, 2.05) is 91.9 Å². The third-order valence-corrected chi connectivity index (χ3v) is 5.49. The van der Waals surface area contributed by atoms with Gasteiger partial charge in [0.1, 0.15) is 24.7 Å². The van der Waals surface area contributed by atoms with Crippen molar-refractivity contribution in [3.05, 3.63) is 114 Å². The van der Waals surface area contributed by atoms with E-state index in [4.69, 9.17) is 4.74 Å². The number of nitrogens with one attached hydrogen (secondary N) is 2. The number of hydrogen-bond donors (Lipinski definition) is 2. The monoisotopic (exact) mass is 437 g/mol. The van der Waals surface area contributed by atoms with Crippen molar-refractivity contribution >= 4 is 17.5 Å². The highest BCUT2D eigenvalue weighted by atomic mass is 16.5. The average Bonchev–Trinajstić information content (AvgIpc) is 3.31. The van der Waals surface area contributed by atoms with Crippen LogP contribution in [0.5, 0.6) is 5.75 Å². The van der Waals surface area contributed by atoms with Crippen molar-refractivity contribution in [2.24, 2.45) is 0 Å². The molecule has 1 atom stereocenters. The molecule has 1 aromatic heterocycles. The molecular weight excluding hydrogens is 414 g/mol. The first-order valence-electron chi connectivity index (χ1n) is 10.7. The van der Waals surface area contributed by atoms with Gasteiger partial charge in [0.2, 0.25) is 5.95 Å². The van der Waals surface area contributed by atoms with Gasteiger partial charge < -0.3 is 15.4 Å². The van der Waals surface area contributed by atoms with Gasteiger partial charge in [-0.3, -0.25) is 4.79 Å². The Morgan fingerprint density at radius 3 is 2.58 bits per heavy atom. The molecule has 0 saturated heterocycles. The number of fused-ring (bicyclic) bond motifs is 1. The van der Waals surface area contributed by atoms with E-state index in [0.717, 1.165) is 28.3 Å². The summed E-state index contributed by atoms with van der Waals surface area (Å²) in [5.74, 6) is 1.11. The SMILES string of the molecule is CC1=C(C(=O)Nc2ccccc2)C(c2cccc(OCc3ccccc3)c2)n2ncnc2N1. The molecule has 7 nitrogen and oxygen atoms in total. The number of anilines is 2. The van der Waals surface area contributed by atoms with Crippen molar-refractivity contribution in [2.45, 2.75) is 19.6 Å². The van der Waals surface area contributed by atoms with Crippen LogP contribution in [0, 0.1) is 0 Å². The Balaban J connectivity index is 1.47. The summed E-state index contributed by atoms with van der Waals surface area (Å²) >= 11 is 0. The van der Waals surface area contributed by atoms with Gasteiger partial charge in [-0.05, 0) is 42.3 Å². The molecule has 1 amide bonds. The Hall–Kier alpha value is -4.39. The molecule has 0 fully saturated rings. The molecule has 164 valence electrons. The maximum atomic E-state index is 13.4. The number of hydrogen-bond acceptors (Lipinski definition) is 5. The van der Waals surface area contributed by atoms with Crippen LogP contribution in [0.2, 0.25) is 0 Å². The molecule has 2 N–H and O–H groups in total. The predicted molar refractivity (Wildman–Crippen MR) is 127 cm³/mol. The van der Waals surface area contributed by atoms with Crippen LogP contribution >= 0.6 is 0 Å².